The summed E-state index contributed by atoms with van der Waals surface area (Å²) in [5, 5.41) is 0. The topological polar surface area (TPSA) is 51.4 Å². The first kappa shape index (κ1) is 16.9. The third-order valence-electron chi connectivity index (χ3n) is 4.90. The second kappa shape index (κ2) is 6.91. The standard InChI is InChI=1S/C20H27N3O/c1-15-11-16(13-23-10-8-19(21)20(2,3)14-23)6-7-18(15)24-17-5-4-9-22-12-17/h4-7,9,11-12,19H,8,10,13-14,21H2,1-3H3. The van der Waals surface area contributed by atoms with Crippen molar-refractivity contribution in [3.8, 4) is 11.5 Å². The quantitative estimate of drug-likeness (QED) is 0.930. The van der Waals surface area contributed by atoms with E-state index in [4.69, 9.17) is 10.5 Å². The van der Waals surface area contributed by atoms with E-state index < -0.39 is 0 Å². The van der Waals surface area contributed by atoms with E-state index in [0.29, 0.717) is 6.04 Å². The third-order valence-corrected chi connectivity index (χ3v) is 4.90. The number of ether oxygens (including phenoxy) is 1. The van der Waals surface area contributed by atoms with Gasteiger partial charge in [-0.05, 0) is 48.1 Å². The Morgan fingerprint density at radius 3 is 2.83 bits per heavy atom. The van der Waals surface area contributed by atoms with Gasteiger partial charge in [-0.25, -0.2) is 0 Å². The Morgan fingerprint density at radius 1 is 1.33 bits per heavy atom. The molecule has 1 aliphatic rings. The van der Waals surface area contributed by atoms with E-state index in [2.05, 4.69) is 48.9 Å². The molecule has 1 aliphatic heterocycles. The van der Waals surface area contributed by atoms with Gasteiger partial charge in [-0.3, -0.25) is 9.88 Å². The molecule has 1 unspecified atom stereocenters. The number of nitrogens with zero attached hydrogens (tertiary/aromatic N) is 2. The molecule has 0 radical (unpaired) electrons. The summed E-state index contributed by atoms with van der Waals surface area (Å²) in [5.41, 5.74) is 8.87. The van der Waals surface area contributed by atoms with E-state index >= 15 is 0 Å². The Labute approximate surface area is 144 Å². The average Bonchev–Trinajstić information content (AvgIpc) is 2.54. The van der Waals surface area contributed by atoms with Crippen molar-refractivity contribution in [1.82, 2.24) is 9.88 Å². The summed E-state index contributed by atoms with van der Waals surface area (Å²) in [4.78, 5) is 6.58. The van der Waals surface area contributed by atoms with Crippen molar-refractivity contribution in [3.63, 3.8) is 0 Å². The van der Waals surface area contributed by atoms with Crippen molar-refractivity contribution >= 4 is 0 Å². The van der Waals surface area contributed by atoms with Gasteiger partial charge in [0.15, 0.2) is 0 Å². The second-order valence-corrected chi connectivity index (χ2v) is 7.49. The number of benzene rings is 1. The van der Waals surface area contributed by atoms with Crippen LogP contribution in [0.25, 0.3) is 0 Å². The van der Waals surface area contributed by atoms with Gasteiger partial charge in [0, 0.05) is 31.9 Å². The molecular weight excluding hydrogens is 298 g/mol. The fourth-order valence-electron chi connectivity index (χ4n) is 3.34. The summed E-state index contributed by atoms with van der Waals surface area (Å²) in [6.07, 6.45) is 4.54. The van der Waals surface area contributed by atoms with E-state index in [0.717, 1.165) is 43.1 Å². The molecule has 1 atom stereocenters. The summed E-state index contributed by atoms with van der Waals surface area (Å²) in [5.74, 6) is 1.65. The molecule has 24 heavy (non-hydrogen) atoms. The Balaban J connectivity index is 1.67. The number of hydrogen-bond acceptors (Lipinski definition) is 4. The van der Waals surface area contributed by atoms with Crippen LogP contribution < -0.4 is 10.5 Å². The highest BCUT2D eigenvalue weighted by Crippen LogP contribution is 2.30. The first-order chi connectivity index (χ1) is 11.4. The smallest absolute Gasteiger partial charge is 0.145 e. The Bertz CT molecular complexity index is 685. The van der Waals surface area contributed by atoms with Crippen LogP contribution in [0.1, 0.15) is 31.4 Å². The maximum absolute atomic E-state index is 6.24. The van der Waals surface area contributed by atoms with Gasteiger partial charge in [-0.1, -0.05) is 26.0 Å². The fourth-order valence-corrected chi connectivity index (χ4v) is 3.34. The van der Waals surface area contributed by atoms with E-state index in [1.807, 2.05) is 12.1 Å². The highest BCUT2D eigenvalue weighted by molar-refractivity contribution is 5.39. The zero-order chi connectivity index (χ0) is 17.2. The zero-order valence-electron chi connectivity index (χ0n) is 14.8. The van der Waals surface area contributed by atoms with Gasteiger partial charge in [0.1, 0.15) is 11.5 Å². The number of rotatable bonds is 4. The SMILES string of the molecule is Cc1cc(CN2CCC(N)C(C)(C)C2)ccc1Oc1cccnc1. The van der Waals surface area contributed by atoms with E-state index in [1.54, 1.807) is 12.4 Å². The van der Waals surface area contributed by atoms with Crippen LogP contribution in [-0.2, 0) is 6.54 Å². The normalized spacial score (nSPS) is 20.8. The van der Waals surface area contributed by atoms with Crippen molar-refractivity contribution in [2.45, 2.75) is 39.8 Å². The van der Waals surface area contributed by atoms with Crippen molar-refractivity contribution in [1.29, 1.82) is 0 Å². The molecule has 0 bridgehead atoms. The van der Waals surface area contributed by atoms with E-state index in [-0.39, 0.29) is 5.41 Å². The van der Waals surface area contributed by atoms with Gasteiger partial charge in [-0.15, -0.1) is 0 Å². The number of likely N-dealkylation sites (tertiary alicyclic amines) is 1. The number of hydrogen-bond donors (Lipinski definition) is 1. The maximum atomic E-state index is 6.24. The summed E-state index contributed by atoms with van der Waals surface area (Å²) in [7, 11) is 0. The van der Waals surface area contributed by atoms with Crippen LogP contribution in [0.4, 0.5) is 0 Å². The minimum atomic E-state index is 0.177. The van der Waals surface area contributed by atoms with Crippen molar-refractivity contribution in [3.05, 3.63) is 53.9 Å². The molecule has 2 aromatic rings. The fraction of sp³-hybridized carbons (Fsp3) is 0.450. The van der Waals surface area contributed by atoms with Gasteiger partial charge in [0.25, 0.3) is 0 Å². The third kappa shape index (κ3) is 3.94. The number of nitrogens with two attached hydrogens (primary N) is 1. The van der Waals surface area contributed by atoms with Crippen LogP contribution in [-0.4, -0.2) is 29.0 Å². The van der Waals surface area contributed by atoms with Gasteiger partial charge in [0.05, 0.1) is 6.20 Å². The van der Waals surface area contributed by atoms with Crippen LogP contribution in [0.5, 0.6) is 11.5 Å². The molecule has 0 saturated carbocycles. The maximum Gasteiger partial charge on any atom is 0.145 e. The van der Waals surface area contributed by atoms with Crippen molar-refractivity contribution in [2.24, 2.45) is 11.1 Å². The summed E-state index contributed by atoms with van der Waals surface area (Å²) in [6, 6.07) is 10.5. The zero-order valence-corrected chi connectivity index (χ0v) is 14.8. The molecule has 1 saturated heterocycles. The lowest BCUT2D eigenvalue weighted by atomic mass is 9.79. The summed E-state index contributed by atoms with van der Waals surface area (Å²) in [6.45, 7) is 9.69. The molecule has 2 N–H and O–H groups in total. The predicted molar refractivity (Wildman–Crippen MR) is 97.1 cm³/mol. The highest BCUT2D eigenvalue weighted by atomic mass is 16.5. The minimum absolute atomic E-state index is 0.177. The molecule has 0 amide bonds. The molecule has 1 aromatic carbocycles. The van der Waals surface area contributed by atoms with Gasteiger partial charge < -0.3 is 10.5 Å². The lowest BCUT2D eigenvalue weighted by Crippen LogP contribution is -2.52. The molecule has 1 aromatic heterocycles. The summed E-state index contributed by atoms with van der Waals surface area (Å²) < 4.78 is 5.91. The lowest BCUT2D eigenvalue weighted by molar-refractivity contribution is 0.0898. The Hall–Kier alpha value is -1.91. The van der Waals surface area contributed by atoms with Gasteiger partial charge >= 0.3 is 0 Å². The van der Waals surface area contributed by atoms with Crippen LogP contribution in [0.3, 0.4) is 0 Å². The summed E-state index contributed by atoms with van der Waals surface area (Å²) >= 11 is 0. The number of aromatic nitrogens is 1. The number of pyridine rings is 1. The first-order valence-electron chi connectivity index (χ1n) is 8.59. The van der Waals surface area contributed by atoms with E-state index in [1.165, 1.54) is 5.56 Å². The highest BCUT2D eigenvalue weighted by Gasteiger charge is 2.33. The average molecular weight is 325 g/mol. The molecule has 128 valence electrons. The number of piperidine rings is 1. The van der Waals surface area contributed by atoms with Crippen LogP contribution >= 0.6 is 0 Å². The van der Waals surface area contributed by atoms with Crippen LogP contribution in [0, 0.1) is 12.3 Å². The van der Waals surface area contributed by atoms with Crippen LogP contribution in [0.2, 0.25) is 0 Å². The monoisotopic (exact) mass is 325 g/mol. The molecule has 0 spiro atoms. The Morgan fingerprint density at radius 2 is 2.17 bits per heavy atom. The molecule has 0 aliphatic carbocycles. The van der Waals surface area contributed by atoms with E-state index in [9.17, 15) is 0 Å². The van der Waals surface area contributed by atoms with Gasteiger partial charge in [-0.2, -0.15) is 0 Å². The minimum Gasteiger partial charge on any atom is -0.455 e. The van der Waals surface area contributed by atoms with Crippen LogP contribution in [0.15, 0.2) is 42.7 Å². The van der Waals surface area contributed by atoms with Gasteiger partial charge in [0.2, 0.25) is 0 Å². The molecule has 4 heteroatoms. The lowest BCUT2D eigenvalue weighted by Gasteiger charge is -2.42. The predicted octanol–water partition coefficient (Wildman–Crippen LogP) is 3.74. The molecule has 2 heterocycles. The molecule has 1 fully saturated rings. The Kier molecular flexibility index (Phi) is 4.88. The molecular formula is C20H27N3O. The number of aryl methyl sites for hydroxylation is 1. The first-order valence-corrected chi connectivity index (χ1v) is 8.59. The van der Waals surface area contributed by atoms with Crippen molar-refractivity contribution < 1.29 is 4.74 Å². The largest absolute Gasteiger partial charge is 0.455 e. The van der Waals surface area contributed by atoms with Crippen molar-refractivity contribution in [2.75, 3.05) is 13.1 Å². The molecule has 4 nitrogen and oxygen atoms in total. The second-order valence-electron chi connectivity index (χ2n) is 7.49. The molecule has 3 rings (SSSR count).